The lowest BCUT2D eigenvalue weighted by Gasteiger charge is -2.05. The number of hydrogen-bond donors (Lipinski definition) is 2. The largest absolute Gasteiger partial charge is 0.348 e. The molecule has 96 valence electrons. The normalized spacial score (nSPS) is 10.8. The van der Waals surface area contributed by atoms with Crippen molar-refractivity contribution in [1.29, 1.82) is 0 Å². The number of imidazole rings is 1. The van der Waals surface area contributed by atoms with Crippen molar-refractivity contribution in [2.75, 3.05) is 13.6 Å². The van der Waals surface area contributed by atoms with Crippen LogP contribution in [0.4, 0.5) is 0 Å². The Morgan fingerprint density at radius 2 is 2.22 bits per heavy atom. The SMILES string of the molecule is CNCC(=O)NCc1nc2cccc(C)c2n1C. The van der Waals surface area contributed by atoms with Gasteiger partial charge in [0.1, 0.15) is 5.82 Å². The van der Waals surface area contributed by atoms with Crippen molar-refractivity contribution < 1.29 is 4.79 Å². The Kier molecular flexibility index (Phi) is 3.62. The molecule has 0 saturated carbocycles. The Hall–Kier alpha value is -1.88. The molecule has 18 heavy (non-hydrogen) atoms. The molecule has 2 rings (SSSR count). The summed E-state index contributed by atoms with van der Waals surface area (Å²) < 4.78 is 2.03. The first kappa shape index (κ1) is 12.6. The van der Waals surface area contributed by atoms with Gasteiger partial charge < -0.3 is 15.2 Å². The summed E-state index contributed by atoms with van der Waals surface area (Å²) in [4.78, 5) is 15.9. The van der Waals surface area contributed by atoms with E-state index in [0.717, 1.165) is 16.9 Å². The van der Waals surface area contributed by atoms with Gasteiger partial charge in [0, 0.05) is 7.05 Å². The highest BCUT2D eigenvalue weighted by Crippen LogP contribution is 2.18. The molecule has 2 N–H and O–H groups in total. The second kappa shape index (κ2) is 5.18. The number of carbonyl (C=O) groups is 1. The molecule has 0 unspecified atom stereocenters. The molecule has 0 atom stereocenters. The standard InChI is InChI=1S/C13H18N4O/c1-9-5-4-6-10-13(9)17(3)11(16-10)7-15-12(18)8-14-2/h4-6,14H,7-8H2,1-3H3,(H,15,18). The summed E-state index contributed by atoms with van der Waals surface area (Å²) in [5.74, 6) is 0.838. The molecule has 0 aliphatic carbocycles. The smallest absolute Gasteiger partial charge is 0.234 e. The van der Waals surface area contributed by atoms with Crippen LogP contribution < -0.4 is 10.6 Å². The average molecular weight is 246 g/mol. The van der Waals surface area contributed by atoms with E-state index in [1.807, 2.05) is 23.7 Å². The summed E-state index contributed by atoms with van der Waals surface area (Å²) >= 11 is 0. The van der Waals surface area contributed by atoms with Crippen LogP contribution >= 0.6 is 0 Å². The predicted molar refractivity (Wildman–Crippen MR) is 71.2 cm³/mol. The molecule has 0 bridgehead atoms. The zero-order valence-corrected chi connectivity index (χ0v) is 10.9. The molecule has 5 heteroatoms. The second-order valence-electron chi connectivity index (χ2n) is 4.34. The zero-order valence-electron chi connectivity index (χ0n) is 10.9. The lowest BCUT2D eigenvalue weighted by molar-refractivity contribution is -0.120. The van der Waals surface area contributed by atoms with Gasteiger partial charge in [-0.2, -0.15) is 0 Å². The summed E-state index contributed by atoms with van der Waals surface area (Å²) in [6.07, 6.45) is 0. The fourth-order valence-electron chi connectivity index (χ4n) is 2.07. The van der Waals surface area contributed by atoms with Crippen LogP contribution in [0.25, 0.3) is 11.0 Å². The number of nitrogens with one attached hydrogen (secondary N) is 2. The van der Waals surface area contributed by atoms with Crippen molar-refractivity contribution in [2.24, 2.45) is 7.05 Å². The van der Waals surface area contributed by atoms with Crippen LogP contribution in [-0.4, -0.2) is 29.1 Å². The third kappa shape index (κ3) is 2.36. The minimum absolute atomic E-state index is 0.0266. The molecule has 0 aliphatic rings. The van der Waals surface area contributed by atoms with Crippen LogP contribution in [0, 0.1) is 6.92 Å². The van der Waals surface area contributed by atoms with Crippen molar-refractivity contribution in [1.82, 2.24) is 20.2 Å². The fourth-order valence-corrected chi connectivity index (χ4v) is 2.07. The summed E-state index contributed by atoms with van der Waals surface area (Å²) in [6, 6.07) is 6.04. The van der Waals surface area contributed by atoms with Crippen molar-refractivity contribution >= 4 is 16.9 Å². The number of para-hydroxylation sites is 1. The van der Waals surface area contributed by atoms with Gasteiger partial charge in [-0.3, -0.25) is 4.79 Å². The average Bonchev–Trinajstić information content (AvgIpc) is 2.65. The Morgan fingerprint density at radius 3 is 2.89 bits per heavy atom. The van der Waals surface area contributed by atoms with E-state index in [0.29, 0.717) is 13.1 Å². The second-order valence-corrected chi connectivity index (χ2v) is 4.34. The number of aromatic nitrogens is 2. The molecule has 1 heterocycles. The van der Waals surface area contributed by atoms with Gasteiger partial charge in [0.2, 0.25) is 5.91 Å². The molecule has 0 saturated heterocycles. The number of nitrogens with zero attached hydrogens (tertiary/aromatic N) is 2. The van der Waals surface area contributed by atoms with Gasteiger partial charge in [-0.1, -0.05) is 12.1 Å². The first-order valence-electron chi connectivity index (χ1n) is 5.95. The van der Waals surface area contributed by atoms with Gasteiger partial charge in [0.15, 0.2) is 0 Å². The van der Waals surface area contributed by atoms with Gasteiger partial charge in [-0.25, -0.2) is 4.98 Å². The molecule has 5 nitrogen and oxygen atoms in total. The summed E-state index contributed by atoms with van der Waals surface area (Å²) in [7, 11) is 3.72. The first-order chi connectivity index (χ1) is 8.63. The van der Waals surface area contributed by atoms with Crippen molar-refractivity contribution in [3.05, 3.63) is 29.6 Å². The lowest BCUT2D eigenvalue weighted by Crippen LogP contribution is -2.32. The van der Waals surface area contributed by atoms with E-state index in [9.17, 15) is 4.79 Å². The zero-order chi connectivity index (χ0) is 13.1. The highest BCUT2D eigenvalue weighted by Gasteiger charge is 2.10. The number of rotatable bonds is 4. The Labute approximate surface area is 106 Å². The summed E-state index contributed by atoms with van der Waals surface area (Å²) in [5, 5.41) is 5.65. The quantitative estimate of drug-likeness (QED) is 0.835. The van der Waals surface area contributed by atoms with E-state index < -0.39 is 0 Å². The van der Waals surface area contributed by atoms with Crippen molar-refractivity contribution in [3.8, 4) is 0 Å². The van der Waals surface area contributed by atoms with Crippen LogP contribution in [0.1, 0.15) is 11.4 Å². The molecule has 1 aromatic carbocycles. The highest BCUT2D eigenvalue weighted by atomic mass is 16.1. The Bertz CT molecular complexity index is 574. The monoisotopic (exact) mass is 246 g/mol. The topological polar surface area (TPSA) is 59.0 Å². The van der Waals surface area contributed by atoms with Crippen LogP contribution in [0.15, 0.2) is 18.2 Å². The number of carbonyl (C=O) groups excluding carboxylic acids is 1. The van der Waals surface area contributed by atoms with Crippen LogP contribution in [0.2, 0.25) is 0 Å². The Morgan fingerprint density at radius 1 is 1.44 bits per heavy atom. The molecular formula is C13H18N4O. The van der Waals surface area contributed by atoms with Gasteiger partial charge >= 0.3 is 0 Å². The molecule has 0 aliphatic heterocycles. The summed E-state index contributed by atoms with van der Waals surface area (Å²) in [5.41, 5.74) is 3.28. The van der Waals surface area contributed by atoms with E-state index in [-0.39, 0.29) is 5.91 Å². The van der Waals surface area contributed by atoms with Crippen molar-refractivity contribution in [3.63, 3.8) is 0 Å². The number of benzene rings is 1. The molecule has 0 radical (unpaired) electrons. The van der Waals surface area contributed by atoms with Crippen LogP contribution in [0.3, 0.4) is 0 Å². The van der Waals surface area contributed by atoms with Crippen LogP contribution in [0.5, 0.6) is 0 Å². The number of fused-ring (bicyclic) bond motifs is 1. The Balaban J connectivity index is 2.22. The van der Waals surface area contributed by atoms with Gasteiger partial charge in [-0.05, 0) is 25.6 Å². The fraction of sp³-hybridized carbons (Fsp3) is 0.385. The van der Waals surface area contributed by atoms with Gasteiger partial charge in [-0.15, -0.1) is 0 Å². The van der Waals surface area contributed by atoms with E-state index in [4.69, 9.17) is 0 Å². The molecule has 0 fully saturated rings. The van der Waals surface area contributed by atoms with E-state index in [2.05, 4.69) is 28.6 Å². The number of hydrogen-bond acceptors (Lipinski definition) is 3. The maximum atomic E-state index is 11.4. The molecular weight excluding hydrogens is 228 g/mol. The molecule has 1 amide bonds. The van der Waals surface area contributed by atoms with E-state index in [1.165, 1.54) is 5.56 Å². The minimum Gasteiger partial charge on any atom is -0.348 e. The van der Waals surface area contributed by atoms with Gasteiger partial charge in [0.25, 0.3) is 0 Å². The maximum Gasteiger partial charge on any atom is 0.234 e. The van der Waals surface area contributed by atoms with Crippen molar-refractivity contribution in [2.45, 2.75) is 13.5 Å². The molecule has 2 aromatic rings. The number of aryl methyl sites for hydroxylation is 2. The van der Waals surface area contributed by atoms with E-state index >= 15 is 0 Å². The maximum absolute atomic E-state index is 11.4. The van der Waals surface area contributed by atoms with Crippen LogP contribution in [-0.2, 0) is 18.4 Å². The number of amides is 1. The van der Waals surface area contributed by atoms with Gasteiger partial charge in [0.05, 0.1) is 24.1 Å². The lowest BCUT2D eigenvalue weighted by atomic mass is 10.2. The number of likely N-dealkylation sites (N-methyl/N-ethyl adjacent to an activating group) is 1. The molecule has 1 aromatic heterocycles. The summed E-state index contributed by atoms with van der Waals surface area (Å²) in [6.45, 7) is 2.83. The first-order valence-corrected chi connectivity index (χ1v) is 5.95. The third-order valence-electron chi connectivity index (χ3n) is 2.97. The molecule has 0 spiro atoms. The van der Waals surface area contributed by atoms with E-state index in [1.54, 1.807) is 7.05 Å². The predicted octanol–water partition coefficient (Wildman–Crippen LogP) is 0.717. The highest BCUT2D eigenvalue weighted by molar-refractivity contribution is 5.80. The minimum atomic E-state index is -0.0266. The third-order valence-corrected chi connectivity index (χ3v) is 2.97.